The van der Waals surface area contributed by atoms with E-state index in [4.69, 9.17) is 10.5 Å². The van der Waals surface area contributed by atoms with Gasteiger partial charge in [-0.1, -0.05) is 6.92 Å². The highest BCUT2D eigenvalue weighted by Crippen LogP contribution is 2.24. The molecule has 3 atom stereocenters. The first-order valence-corrected chi connectivity index (χ1v) is 5.03. The summed E-state index contributed by atoms with van der Waals surface area (Å²) in [4.78, 5) is 0. The molecule has 0 bridgehead atoms. The van der Waals surface area contributed by atoms with Gasteiger partial charge in [0.2, 0.25) is 0 Å². The normalized spacial score (nSPS) is 29.8. The minimum atomic E-state index is 0.335. The van der Waals surface area contributed by atoms with Gasteiger partial charge in [0.1, 0.15) is 0 Å². The predicted octanol–water partition coefficient (Wildman–Crippen LogP) is 1.79. The third-order valence-corrected chi connectivity index (χ3v) is 2.74. The second-order valence-corrected chi connectivity index (χ2v) is 4.17. The fraction of sp³-hybridized carbons (Fsp3) is 1.00. The predicted molar refractivity (Wildman–Crippen MR) is 51.0 cm³/mol. The highest BCUT2D eigenvalue weighted by molar-refractivity contribution is 4.72. The van der Waals surface area contributed by atoms with Gasteiger partial charge in [-0.15, -0.1) is 0 Å². The Balaban J connectivity index is 2.24. The Labute approximate surface area is 75.5 Å². The van der Waals surface area contributed by atoms with Crippen molar-refractivity contribution < 1.29 is 4.74 Å². The zero-order valence-electron chi connectivity index (χ0n) is 8.25. The second-order valence-electron chi connectivity index (χ2n) is 4.17. The summed E-state index contributed by atoms with van der Waals surface area (Å²) in [5.41, 5.74) is 5.76. The van der Waals surface area contributed by atoms with Gasteiger partial charge in [0.05, 0.1) is 0 Å². The zero-order chi connectivity index (χ0) is 8.97. The van der Waals surface area contributed by atoms with Crippen LogP contribution in [-0.2, 0) is 4.74 Å². The lowest BCUT2D eigenvalue weighted by Crippen LogP contribution is -2.28. The first kappa shape index (κ1) is 10.0. The summed E-state index contributed by atoms with van der Waals surface area (Å²) < 4.78 is 5.44. The van der Waals surface area contributed by atoms with Crippen molar-refractivity contribution >= 4 is 0 Å². The van der Waals surface area contributed by atoms with E-state index in [1.807, 2.05) is 0 Å². The monoisotopic (exact) mass is 171 g/mol. The summed E-state index contributed by atoms with van der Waals surface area (Å²) in [5, 5.41) is 0. The molecule has 2 nitrogen and oxygen atoms in total. The van der Waals surface area contributed by atoms with Crippen molar-refractivity contribution in [3.8, 4) is 0 Å². The van der Waals surface area contributed by atoms with Gasteiger partial charge in [0, 0.05) is 19.3 Å². The van der Waals surface area contributed by atoms with Crippen molar-refractivity contribution in [2.75, 3.05) is 13.2 Å². The summed E-state index contributed by atoms with van der Waals surface area (Å²) >= 11 is 0. The summed E-state index contributed by atoms with van der Waals surface area (Å²) in [6.45, 7) is 6.29. The van der Waals surface area contributed by atoms with Gasteiger partial charge in [-0.3, -0.25) is 0 Å². The van der Waals surface area contributed by atoms with Gasteiger partial charge in [0.25, 0.3) is 0 Å². The van der Waals surface area contributed by atoms with E-state index in [-0.39, 0.29) is 0 Å². The molecule has 0 aromatic heterocycles. The van der Waals surface area contributed by atoms with E-state index in [9.17, 15) is 0 Å². The Morgan fingerprint density at radius 1 is 1.50 bits per heavy atom. The van der Waals surface area contributed by atoms with E-state index in [0.717, 1.165) is 31.5 Å². The molecule has 1 fully saturated rings. The highest BCUT2D eigenvalue weighted by Gasteiger charge is 2.20. The first-order valence-electron chi connectivity index (χ1n) is 5.03. The summed E-state index contributed by atoms with van der Waals surface area (Å²) in [5.74, 6) is 1.48. The SMILES string of the molecule is CC(N)CC(C)C1CCCOC1. The Morgan fingerprint density at radius 2 is 2.25 bits per heavy atom. The molecule has 1 heterocycles. The van der Waals surface area contributed by atoms with Gasteiger partial charge in [-0.25, -0.2) is 0 Å². The molecule has 1 aliphatic heterocycles. The molecule has 2 N–H and O–H groups in total. The molecule has 3 unspecified atom stereocenters. The van der Waals surface area contributed by atoms with Gasteiger partial charge in [-0.2, -0.15) is 0 Å². The number of ether oxygens (including phenoxy) is 1. The van der Waals surface area contributed by atoms with Crippen molar-refractivity contribution in [1.82, 2.24) is 0 Å². The molecule has 0 aliphatic carbocycles. The fourth-order valence-electron chi connectivity index (χ4n) is 1.99. The summed E-state index contributed by atoms with van der Waals surface area (Å²) in [6, 6.07) is 0.335. The zero-order valence-corrected chi connectivity index (χ0v) is 8.25. The fourth-order valence-corrected chi connectivity index (χ4v) is 1.99. The van der Waals surface area contributed by atoms with Crippen LogP contribution in [0.15, 0.2) is 0 Å². The molecule has 0 spiro atoms. The molecule has 1 rings (SSSR count). The molecular weight excluding hydrogens is 150 g/mol. The summed E-state index contributed by atoms with van der Waals surface area (Å²) in [6.07, 6.45) is 3.69. The van der Waals surface area contributed by atoms with Crippen molar-refractivity contribution in [2.45, 2.75) is 39.2 Å². The molecule has 1 saturated heterocycles. The number of nitrogens with two attached hydrogens (primary N) is 1. The number of hydrogen-bond acceptors (Lipinski definition) is 2. The van der Waals surface area contributed by atoms with Crippen LogP contribution in [0.3, 0.4) is 0 Å². The van der Waals surface area contributed by atoms with Crippen LogP contribution >= 0.6 is 0 Å². The van der Waals surface area contributed by atoms with Crippen molar-refractivity contribution in [3.63, 3.8) is 0 Å². The van der Waals surface area contributed by atoms with E-state index in [1.165, 1.54) is 12.8 Å². The van der Waals surface area contributed by atoms with Crippen LogP contribution in [0.2, 0.25) is 0 Å². The molecule has 0 amide bonds. The Hall–Kier alpha value is -0.0800. The standard InChI is InChI=1S/C10H21NO/c1-8(6-9(2)11)10-4-3-5-12-7-10/h8-10H,3-7,11H2,1-2H3. The van der Waals surface area contributed by atoms with Crippen LogP contribution in [-0.4, -0.2) is 19.3 Å². The van der Waals surface area contributed by atoms with E-state index in [0.29, 0.717) is 6.04 Å². The topological polar surface area (TPSA) is 35.2 Å². The summed E-state index contributed by atoms with van der Waals surface area (Å²) in [7, 11) is 0. The molecule has 2 heteroatoms. The van der Waals surface area contributed by atoms with Crippen LogP contribution in [0.5, 0.6) is 0 Å². The van der Waals surface area contributed by atoms with Crippen LogP contribution in [0.25, 0.3) is 0 Å². The Morgan fingerprint density at radius 3 is 2.75 bits per heavy atom. The largest absolute Gasteiger partial charge is 0.381 e. The van der Waals surface area contributed by atoms with E-state index in [1.54, 1.807) is 0 Å². The first-order chi connectivity index (χ1) is 5.70. The van der Waals surface area contributed by atoms with E-state index >= 15 is 0 Å². The second kappa shape index (κ2) is 4.83. The molecule has 0 saturated carbocycles. The Bertz CT molecular complexity index is 119. The molecule has 0 aromatic carbocycles. The maximum atomic E-state index is 5.76. The van der Waals surface area contributed by atoms with E-state index < -0.39 is 0 Å². The van der Waals surface area contributed by atoms with Crippen LogP contribution in [0.1, 0.15) is 33.1 Å². The van der Waals surface area contributed by atoms with Gasteiger partial charge >= 0.3 is 0 Å². The Kier molecular flexibility index (Phi) is 4.02. The van der Waals surface area contributed by atoms with Gasteiger partial charge < -0.3 is 10.5 Å². The third-order valence-electron chi connectivity index (χ3n) is 2.74. The van der Waals surface area contributed by atoms with Gasteiger partial charge in [-0.05, 0) is 38.0 Å². The number of hydrogen-bond donors (Lipinski definition) is 1. The molecule has 72 valence electrons. The lowest BCUT2D eigenvalue weighted by molar-refractivity contribution is 0.0314. The molecule has 0 radical (unpaired) electrons. The average Bonchev–Trinajstić information content (AvgIpc) is 2.05. The smallest absolute Gasteiger partial charge is 0.0496 e. The molecule has 12 heavy (non-hydrogen) atoms. The minimum absolute atomic E-state index is 0.335. The molecule has 1 aliphatic rings. The quantitative estimate of drug-likeness (QED) is 0.702. The lowest BCUT2D eigenvalue weighted by atomic mass is 9.85. The van der Waals surface area contributed by atoms with Crippen LogP contribution in [0, 0.1) is 11.8 Å². The molecular formula is C10H21NO. The van der Waals surface area contributed by atoms with Crippen LogP contribution < -0.4 is 5.73 Å². The minimum Gasteiger partial charge on any atom is -0.381 e. The third kappa shape index (κ3) is 3.11. The number of rotatable bonds is 3. The highest BCUT2D eigenvalue weighted by atomic mass is 16.5. The maximum Gasteiger partial charge on any atom is 0.0496 e. The molecule has 0 aromatic rings. The van der Waals surface area contributed by atoms with Crippen molar-refractivity contribution in [1.29, 1.82) is 0 Å². The van der Waals surface area contributed by atoms with Gasteiger partial charge in [0.15, 0.2) is 0 Å². The average molecular weight is 171 g/mol. The van der Waals surface area contributed by atoms with Crippen molar-refractivity contribution in [3.05, 3.63) is 0 Å². The van der Waals surface area contributed by atoms with E-state index in [2.05, 4.69) is 13.8 Å². The van der Waals surface area contributed by atoms with Crippen molar-refractivity contribution in [2.24, 2.45) is 17.6 Å². The van der Waals surface area contributed by atoms with Crippen LogP contribution in [0.4, 0.5) is 0 Å². The lowest BCUT2D eigenvalue weighted by Gasteiger charge is -2.28. The maximum absolute atomic E-state index is 5.76.